The maximum Gasteiger partial charge on any atom is 0.157 e. The molecule has 0 aliphatic heterocycles. The molecule has 0 bridgehead atoms. The van der Waals surface area contributed by atoms with Crippen molar-refractivity contribution in [2.45, 2.75) is 91.5 Å². The largest absolute Gasteiger partial charge is 0.297 e. The lowest BCUT2D eigenvalue weighted by atomic mass is 9.49. The minimum Gasteiger partial charge on any atom is -0.297 e. The molecule has 4 heteroatoms. The standard InChI is InChI=1S/C28H39N3O.C3H6/c1-3-18-4-6-21-19(14-18)5-7-23-22(21)10-12-28(2)24(23)8-9-25(28)27(32)17-31-26-16-29-13-11-20(26)15-30-31;1-3-2/h11,13,15-16,18-19,21-25H,3-10,12,14,17H2,1-2H3;3H,1H2,2H3. The number of allylic oxidation sites excluding steroid dienone is 1. The van der Waals surface area contributed by atoms with E-state index in [4.69, 9.17) is 0 Å². The number of fused-ring (bicyclic) bond motifs is 6. The topological polar surface area (TPSA) is 47.8 Å². The van der Waals surface area contributed by atoms with Gasteiger partial charge in [-0.1, -0.05) is 32.8 Å². The summed E-state index contributed by atoms with van der Waals surface area (Å²) in [6.45, 7) is 10.5. The molecule has 0 aromatic carbocycles. The van der Waals surface area contributed by atoms with Crippen LogP contribution in [0.2, 0.25) is 0 Å². The molecule has 4 saturated carbocycles. The number of carbonyl (C=O) groups excluding carboxylic acids is 1. The third kappa shape index (κ3) is 4.40. The minimum absolute atomic E-state index is 0.201. The number of hydrogen-bond acceptors (Lipinski definition) is 3. The fourth-order valence-electron chi connectivity index (χ4n) is 9.15. The fourth-order valence-corrected chi connectivity index (χ4v) is 9.15. The van der Waals surface area contributed by atoms with Crippen LogP contribution in [0.5, 0.6) is 0 Å². The van der Waals surface area contributed by atoms with Crippen molar-refractivity contribution in [2.75, 3.05) is 0 Å². The lowest BCUT2D eigenvalue weighted by Crippen LogP contribution is -2.49. The van der Waals surface area contributed by atoms with E-state index < -0.39 is 0 Å². The first-order valence-corrected chi connectivity index (χ1v) is 14.3. The molecule has 8 atom stereocenters. The summed E-state index contributed by atoms with van der Waals surface area (Å²) in [4.78, 5) is 17.8. The molecule has 4 aliphatic rings. The highest BCUT2D eigenvalue weighted by atomic mass is 16.1. The SMILES string of the molecule is C=CC.CCC1CCC2C(CCC3C2CCC2(C)C(C(=O)Cn4ncc5ccncc54)CCC32)C1. The molecule has 6 rings (SSSR count). The molecule has 4 fully saturated rings. The fraction of sp³-hybridized carbons (Fsp3) is 0.710. The first-order valence-electron chi connectivity index (χ1n) is 14.3. The van der Waals surface area contributed by atoms with Crippen molar-refractivity contribution in [1.29, 1.82) is 0 Å². The highest BCUT2D eigenvalue weighted by molar-refractivity contribution is 5.84. The monoisotopic (exact) mass is 475 g/mol. The van der Waals surface area contributed by atoms with E-state index in [0.29, 0.717) is 12.3 Å². The van der Waals surface area contributed by atoms with Gasteiger partial charge in [0.2, 0.25) is 0 Å². The number of pyridine rings is 1. The second kappa shape index (κ2) is 10.2. The van der Waals surface area contributed by atoms with Gasteiger partial charge < -0.3 is 0 Å². The summed E-state index contributed by atoms with van der Waals surface area (Å²) >= 11 is 0. The molecular formula is C31H45N3O. The van der Waals surface area contributed by atoms with Gasteiger partial charge in [0.1, 0.15) is 6.54 Å². The summed E-state index contributed by atoms with van der Waals surface area (Å²) in [5.74, 6) is 6.16. The van der Waals surface area contributed by atoms with E-state index in [9.17, 15) is 4.79 Å². The molecule has 0 spiro atoms. The number of aromatic nitrogens is 3. The second-order valence-electron chi connectivity index (χ2n) is 12.3. The van der Waals surface area contributed by atoms with Crippen LogP contribution in [0.1, 0.15) is 85.0 Å². The minimum atomic E-state index is 0.201. The molecule has 0 saturated heterocycles. The summed E-state index contributed by atoms with van der Waals surface area (Å²) in [6, 6.07) is 1.97. The lowest BCUT2D eigenvalue weighted by Gasteiger charge is -2.56. The Morgan fingerprint density at radius 3 is 2.71 bits per heavy atom. The Bertz CT molecular complexity index is 1040. The van der Waals surface area contributed by atoms with Crippen molar-refractivity contribution in [2.24, 2.45) is 46.8 Å². The Morgan fingerprint density at radius 2 is 1.91 bits per heavy atom. The van der Waals surface area contributed by atoms with Crippen LogP contribution >= 0.6 is 0 Å². The van der Waals surface area contributed by atoms with E-state index >= 15 is 0 Å². The normalized spacial score (nSPS) is 38.0. The molecule has 4 nitrogen and oxygen atoms in total. The Kier molecular flexibility index (Phi) is 7.19. The first kappa shape index (κ1) is 24.7. The van der Waals surface area contributed by atoms with E-state index in [1.165, 1.54) is 57.8 Å². The van der Waals surface area contributed by atoms with Gasteiger partial charge in [-0.15, -0.1) is 6.58 Å². The Hall–Kier alpha value is -1.97. The maximum absolute atomic E-state index is 13.6. The van der Waals surface area contributed by atoms with Crippen molar-refractivity contribution in [3.05, 3.63) is 37.3 Å². The van der Waals surface area contributed by atoms with Crippen LogP contribution in [0.25, 0.3) is 10.9 Å². The van der Waals surface area contributed by atoms with Gasteiger partial charge in [0, 0.05) is 17.5 Å². The van der Waals surface area contributed by atoms with E-state index in [2.05, 4.69) is 30.5 Å². The quantitative estimate of drug-likeness (QED) is 0.430. The Morgan fingerprint density at radius 1 is 1.11 bits per heavy atom. The zero-order valence-electron chi connectivity index (χ0n) is 22.2. The zero-order valence-corrected chi connectivity index (χ0v) is 22.2. The van der Waals surface area contributed by atoms with E-state index in [1.807, 2.05) is 30.1 Å². The molecule has 2 heterocycles. The van der Waals surface area contributed by atoms with Crippen LogP contribution in [-0.2, 0) is 11.3 Å². The van der Waals surface area contributed by atoms with Gasteiger partial charge in [0.15, 0.2) is 5.78 Å². The molecular weight excluding hydrogens is 430 g/mol. The smallest absolute Gasteiger partial charge is 0.157 e. The number of rotatable bonds is 4. The van der Waals surface area contributed by atoms with Crippen LogP contribution in [0.3, 0.4) is 0 Å². The van der Waals surface area contributed by atoms with E-state index in [0.717, 1.165) is 52.8 Å². The molecule has 190 valence electrons. The number of ketones is 1. The number of Topliss-reactive ketones (excluding diaryl/α,β-unsaturated/α-hetero) is 1. The average molecular weight is 476 g/mol. The molecule has 4 aliphatic carbocycles. The predicted molar refractivity (Wildman–Crippen MR) is 143 cm³/mol. The molecule has 8 unspecified atom stereocenters. The molecule has 2 aromatic rings. The highest BCUT2D eigenvalue weighted by Crippen LogP contribution is 2.64. The van der Waals surface area contributed by atoms with Gasteiger partial charge in [0.05, 0.1) is 17.9 Å². The number of hydrogen-bond donors (Lipinski definition) is 0. The maximum atomic E-state index is 13.6. The molecule has 0 radical (unpaired) electrons. The van der Waals surface area contributed by atoms with Crippen molar-refractivity contribution in [1.82, 2.24) is 14.8 Å². The van der Waals surface area contributed by atoms with E-state index in [1.54, 1.807) is 12.3 Å². The van der Waals surface area contributed by atoms with Crippen LogP contribution in [0, 0.1) is 46.8 Å². The molecule has 35 heavy (non-hydrogen) atoms. The van der Waals surface area contributed by atoms with Crippen LogP contribution < -0.4 is 0 Å². The van der Waals surface area contributed by atoms with Crippen LogP contribution in [0.4, 0.5) is 0 Å². The Labute approximate surface area is 212 Å². The van der Waals surface area contributed by atoms with Crippen molar-refractivity contribution >= 4 is 16.7 Å². The average Bonchev–Trinajstić information content (AvgIpc) is 3.44. The van der Waals surface area contributed by atoms with Gasteiger partial charge in [-0.05, 0) is 105 Å². The van der Waals surface area contributed by atoms with Gasteiger partial charge in [-0.3, -0.25) is 14.5 Å². The van der Waals surface area contributed by atoms with Crippen LogP contribution in [0.15, 0.2) is 37.3 Å². The van der Waals surface area contributed by atoms with Crippen LogP contribution in [-0.4, -0.2) is 20.5 Å². The van der Waals surface area contributed by atoms with Gasteiger partial charge in [0.25, 0.3) is 0 Å². The molecule has 2 aromatic heterocycles. The third-order valence-electron chi connectivity index (χ3n) is 10.8. The zero-order chi connectivity index (χ0) is 24.6. The number of nitrogens with zero attached hydrogens (tertiary/aromatic N) is 3. The van der Waals surface area contributed by atoms with Gasteiger partial charge >= 0.3 is 0 Å². The van der Waals surface area contributed by atoms with E-state index in [-0.39, 0.29) is 11.3 Å². The number of carbonyl (C=O) groups is 1. The summed E-state index contributed by atoms with van der Waals surface area (Å²) < 4.78 is 1.88. The summed E-state index contributed by atoms with van der Waals surface area (Å²) in [5, 5.41) is 5.58. The first-order chi connectivity index (χ1) is 17.0. The molecule has 0 N–H and O–H groups in total. The predicted octanol–water partition coefficient (Wildman–Crippen LogP) is 7.49. The van der Waals surface area contributed by atoms with Gasteiger partial charge in [-0.2, -0.15) is 5.10 Å². The summed E-state index contributed by atoms with van der Waals surface area (Å²) in [7, 11) is 0. The summed E-state index contributed by atoms with van der Waals surface area (Å²) in [6.07, 6.45) is 20.9. The highest BCUT2D eigenvalue weighted by Gasteiger charge is 2.58. The molecule has 0 amide bonds. The Balaban J connectivity index is 0.000000806. The lowest BCUT2D eigenvalue weighted by molar-refractivity contribution is -0.131. The summed E-state index contributed by atoms with van der Waals surface area (Å²) in [5.41, 5.74) is 1.18. The van der Waals surface area contributed by atoms with Crippen molar-refractivity contribution < 1.29 is 4.79 Å². The van der Waals surface area contributed by atoms with Gasteiger partial charge in [-0.25, -0.2) is 0 Å². The second-order valence-corrected chi connectivity index (χ2v) is 12.3. The van der Waals surface area contributed by atoms with Crippen molar-refractivity contribution in [3.63, 3.8) is 0 Å². The van der Waals surface area contributed by atoms with Crippen molar-refractivity contribution in [3.8, 4) is 0 Å². The third-order valence-corrected chi connectivity index (χ3v) is 10.8.